The van der Waals surface area contributed by atoms with Gasteiger partial charge in [0, 0.05) is 10.7 Å². The molecule has 0 heterocycles. The molecule has 0 unspecified atom stereocenters. The molecule has 0 aliphatic heterocycles. The monoisotopic (exact) mass is 290 g/mol. The van der Waals surface area contributed by atoms with E-state index in [9.17, 15) is 4.79 Å². The lowest BCUT2D eigenvalue weighted by Crippen LogP contribution is -2.31. The number of halogens is 1. The largest absolute Gasteiger partial charge is 0.473 e. The van der Waals surface area contributed by atoms with Crippen LogP contribution in [0.25, 0.3) is 0 Å². The molecule has 2 amide bonds. The maximum Gasteiger partial charge on any atom is 0.321 e. The summed E-state index contributed by atoms with van der Waals surface area (Å²) < 4.78 is 5.36. The van der Waals surface area contributed by atoms with Gasteiger partial charge in [0.05, 0.1) is 0 Å². The van der Waals surface area contributed by atoms with Crippen LogP contribution in [0.4, 0.5) is 10.5 Å². The van der Waals surface area contributed by atoms with E-state index in [4.69, 9.17) is 16.3 Å². The molecule has 0 aliphatic carbocycles. The Morgan fingerprint density at radius 2 is 1.75 bits per heavy atom. The Morgan fingerprint density at radius 1 is 1.10 bits per heavy atom. The van der Waals surface area contributed by atoms with Gasteiger partial charge in [-0.25, -0.2) is 4.79 Å². The molecule has 104 valence electrons. The minimum Gasteiger partial charge on any atom is -0.473 e. The topological polar surface area (TPSA) is 50.4 Å². The van der Waals surface area contributed by atoms with Gasteiger partial charge in [-0.1, -0.05) is 29.3 Å². The van der Waals surface area contributed by atoms with Gasteiger partial charge in [-0.15, -0.1) is 0 Å². The number of ether oxygens (including phenoxy) is 1. The molecule has 4 nitrogen and oxygen atoms in total. The SMILES string of the molecule is Cc1ccc(NC(=O)NCOc2ccc(Cl)cc2)cc1. The smallest absolute Gasteiger partial charge is 0.321 e. The second-order valence-electron chi connectivity index (χ2n) is 4.24. The number of anilines is 1. The molecule has 0 aromatic heterocycles. The van der Waals surface area contributed by atoms with E-state index in [1.54, 1.807) is 24.3 Å². The quantitative estimate of drug-likeness (QED) is 0.841. The minimum atomic E-state index is -0.317. The van der Waals surface area contributed by atoms with Crippen LogP contribution >= 0.6 is 11.6 Å². The van der Waals surface area contributed by atoms with Gasteiger partial charge in [-0.2, -0.15) is 0 Å². The fourth-order valence-corrected chi connectivity index (χ4v) is 1.65. The molecule has 0 bridgehead atoms. The van der Waals surface area contributed by atoms with Gasteiger partial charge in [0.25, 0.3) is 0 Å². The minimum absolute atomic E-state index is 0.0827. The van der Waals surface area contributed by atoms with Crippen LogP contribution in [0.3, 0.4) is 0 Å². The summed E-state index contributed by atoms with van der Waals surface area (Å²) in [5, 5.41) is 5.96. The number of aryl methyl sites for hydroxylation is 1. The van der Waals surface area contributed by atoms with Crippen LogP contribution in [0, 0.1) is 6.92 Å². The molecule has 0 saturated heterocycles. The zero-order valence-corrected chi connectivity index (χ0v) is 11.8. The Kier molecular flexibility index (Phi) is 4.85. The highest BCUT2D eigenvalue weighted by molar-refractivity contribution is 6.30. The first-order valence-corrected chi connectivity index (χ1v) is 6.51. The van der Waals surface area contributed by atoms with E-state index < -0.39 is 0 Å². The standard InChI is InChI=1S/C15H15ClN2O2/c1-11-2-6-13(7-3-11)18-15(19)17-10-20-14-8-4-12(16)5-9-14/h2-9H,10H2,1H3,(H2,17,18,19). The van der Waals surface area contributed by atoms with E-state index in [1.807, 2.05) is 31.2 Å². The van der Waals surface area contributed by atoms with Gasteiger partial charge >= 0.3 is 6.03 Å². The normalized spacial score (nSPS) is 9.90. The average Bonchev–Trinajstić information content (AvgIpc) is 2.44. The lowest BCUT2D eigenvalue weighted by Gasteiger charge is -2.09. The number of urea groups is 1. The van der Waals surface area contributed by atoms with E-state index in [0.717, 1.165) is 11.3 Å². The summed E-state index contributed by atoms with van der Waals surface area (Å²) in [6.45, 7) is 2.07. The zero-order chi connectivity index (χ0) is 14.4. The second kappa shape index (κ2) is 6.82. The maximum absolute atomic E-state index is 11.6. The number of nitrogens with one attached hydrogen (secondary N) is 2. The van der Waals surface area contributed by atoms with Gasteiger partial charge < -0.3 is 15.4 Å². The van der Waals surface area contributed by atoms with Crippen molar-refractivity contribution < 1.29 is 9.53 Å². The van der Waals surface area contributed by atoms with Crippen LogP contribution in [0.5, 0.6) is 5.75 Å². The summed E-state index contributed by atoms with van der Waals surface area (Å²) in [5.74, 6) is 0.644. The molecule has 0 saturated carbocycles. The van der Waals surface area contributed by atoms with Crippen molar-refractivity contribution in [2.24, 2.45) is 0 Å². The summed E-state index contributed by atoms with van der Waals surface area (Å²) in [6.07, 6.45) is 0. The summed E-state index contributed by atoms with van der Waals surface area (Å²) in [4.78, 5) is 11.6. The average molecular weight is 291 g/mol. The van der Waals surface area contributed by atoms with Crippen molar-refractivity contribution in [2.75, 3.05) is 12.0 Å². The first kappa shape index (κ1) is 14.2. The van der Waals surface area contributed by atoms with Crippen LogP contribution in [-0.2, 0) is 0 Å². The lowest BCUT2D eigenvalue weighted by atomic mass is 10.2. The lowest BCUT2D eigenvalue weighted by molar-refractivity contribution is 0.234. The van der Waals surface area contributed by atoms with Gasteiger partial charge in [0.2, 0.25) is 0 Å². The van der Waals surface area contributed by atoms with Crippen molar-refractivity contribution in [3.05, 3.63) is 59.1 Å². The van der Waals surface area contributed by atoms with Crippen molar-refractivity contribution in [1.29, 1.82) is 0 Å². The maximum atomic E-state index is 11.6. The van der Waals surface area contributed by atoms with E-state index in [2.05, 4.69) is 10.6 Å². The summed E-state index contributed by atoms with van der Waals surface area (Å²) >= 11 is 5.76. The molecule has 2 rings (SSSR count). The summed E-state index contributed by atoms with van der Waals surface area (Å²) in [5.41, 5.74) is 1.88. The number of benzene rings is 2. The molecule has 0 spiro atoms. The Bertz CT molecular complexity index is 567. The van der Waals surface area contributed by atoms with Crippen molar-refractivity contribution >= 4 is 23.3 Å². The van der Waals surface area contributed by atoms with E-state index in [-0.39, 0.29) is 12.8 Å². The van der Waals surface area contributed by atoms with Crippen molar-refractivity contribution in [1.82, 2.24) is 5.32 Å². The van der Waals surface area contributed by atoms with Crippen LogP contribution < -0.4 is 15.4 Å². The zero-order valence-electron chi connectivity index (χ0n) is 11.0. The fourth-order valence-electron chi connectivity index (χ4n) is 1.53. The van der Waals surface area contributed by atoms with E-state index in [1.165, 1.54) is 0 Å². The number of carbonyl (C=O) groups is 1. The Hall–Kier alpha value is -2.20. The molecule has 2 aromatic rings. The molecular weight excluding hydrogens is 276 g/mol. The summed E-state index contributed by atoms with van der Waals surface area (Å²) in [7, 11) is 0. The van der Waals surface area contributed by atoms with E-state index >= 15 is 0 Å². The van der Waals surface area contributed by atoms with Crippen molar-refractivity contribution in [3.63, 3.8) is 0 Å². The third kappa shape index (κ3) is 4.48. The Labute approximate surface area is 122 Å². The number of hydrogen-bond donors (Lipinski definition) is 2. The van der Waals surface area contributed by atoms with E-state index in [0.29, 0.717) is 10.8 Å². The number of rotatable bonds is 4. The van der Waals surface area contributed by atoms with Crippen LogP contribution in [0.2, 0.25) is 5.02 Å². The molecular formula is C15H15ClN2O2. The molecule has 20 heavy (non-hydrogen) atoms. The van der Waals surface area contributed by atoms with Gasteiger partial charge in [-0.05, 0) is 43.3 Å². The number of hydrogen-bond acceptors (Lipinski definition) is 2. The fraction of sp³-hybridized carbons (Fsp3) is 0.133. The molecule has 0 atom stereocenters. The first-order chi connectivity index (χ1) is 9.63. The van der Waals surface area contributed by atoms with Crippen molar-refractivity contribution in [3.8, 4) is 5.75 Å². The predicted molar refractivity (Wildman–Crippen MR) is 80.3 cm³/mol. The third-order valence-corrected chi connectivity index (χ3v) is 2.85. The molecule has 2 aromatic carbocycles. The predicted octanol–water partition coefficient (Wildman–Crippen LogP) is 3.81. The van der Waals surface area contributed by atoms with Crippen LogP contribution in [0.1, 0.15) is 5.56 Å². The second-order valence-corrected chi connectivity index (χ2v) is 4.68. The molecule has 2 N–H and O–H groups in total. The third-order valence-electron chi connectivity index (χ3n) is 2.59. The van der Waals surface area contributed by atoms with Gasteiger partial charge in [0.1, 0.15) is 5.75 Å². The molecule has 0 aliphatic rings. The number of amides is 2. The highest BCUT2D eigenvalue weighted by Gasteiger charge is 2.01. The number of carbonyl (C=O) groups excluding carboxylic acids is 1. The molecule has 0 fully saturated rings. The Balaban J connectivity index is 1.75. The van der Waals surface area contributed by atoms with Crippen LogP contribution in [-0.4, -0.2) is 12.8 Å². The van der Waals surface area contributed by atoms with Gasteiger partial charge in [0.15, 0.2) is 6.73 Å². The van der Waals surface area contributed by atoms with Crippen LogP contribution in [0.15, 0.2) is 48.5 Å². The first-order valence-electron chi connectivity index (χ1n) is 6.13. The highest BCUT2D eigenvalue weighted by Crippen LogP contribution is 2.15. The van der Waals surface area contributed by atoms with Crippen molar-refractivity contribution in [2.45, 2.75) is 6.92 Å². The van der Waals surface area contributed by atoms with Gasteiger partial charge in [-0.3, -0.25) is 0 Å². The molecule has 0 radical (unpaired) electrons. The highest BCUT2D eigenvalue weighted by atomic mass is 35.5. The Morgan fingerprint density at radius 3 is 2.40 bits per heavy atom. The summed E-state index contributed by atoms with van der Waals surface area (Å²) in [6, 6.07) is 14.2. The molecule has 5 heteroatoms.